The quantitative estimate of drug-likeness (QED) is 0.617. The molecule has 0 aliphatic carbocycles. The van der Waals surface area contributed by atoms with E-state index in [-0.39, 0.29) is 25.0 Å². The first kappa shape index (κ1) is 12.9. The van der Waals surface area contributed by atoms with E-state index in [1.54, 1.807) is 7.05 Å². The third-order valence-electron chi connectivity index (χ3n) is 2.51. The van der Waals surface area contributed by atoms with Gasteiger partial charge in [0.1, 0.15) is 6.04 Å². The Hall–Kier alpha value is -1.14. The summed E-state index contributed by atoms with van der Waals surface area (Å²) < 4.78 is 4.77. The summed E-state index contributed by atoms with van der Waals surface area (Å²) in [5.41, 5.74) is 0. The van der Waals surface area contributed by atoms with Crippen LogP contribution in [-0.4, -0.2) is 61.3 Å². The predicted octanol–water partition coefficient (Wildman–Crippen LogP) is -1.27. The van der Waals surface area contributed by atoms with Gasteiger partial charge in [-0.1, -0.05) is 0 Å². The molecule has 2 N–H and O–H groups in total. The van der Waals surface area contributed by atoms with Crippen molar-refractivity contribution < 1.29 is 19.4 Å². The van der Waals surface area contributed by atoms with Crippen molar-refractivity contribution in [3.8, 4) is 0 Å². The zero-order chi connectivity index (χ0) is 12.1. The molecular formula is C10H18N2O4. The molecule has 1 fully saturated rings. The van der Waals surface area contributed by atoms with Gasteiger partial charge in [-0.05, 0) is 6.42 Å². The van der Waals surface area contributed by atoms with Crippen molar-refractivity contribution in [3.05, 3.63) is 0 Å². The maximum Gasteiger partial charge on any atom is 0.244 e. The molecule has 1 unspecified atom stereocenters. The average Bonchev–Trinajstić information content (AvgIpc) is 2.64. The van der Waals surface area contributed by atoms with E-state index in [1.807, 2.05) is 0 Å². The van der Waals surface area contributed by atoms with Crippen molar-refractivity contribution in [1.29, 1.82) is 0 Å². The molecular weight excluding hydrogens is 212 g/mol. The smallest absolute Gasteiger partial charge is 0.244 e. The number of hydrogen-bond acceptors (Lipinski definition) is 4. The third kappa shape index (κ3) is 3.46. The number of carbonyl (C=O) groups excluding carboxylic acids is 2. The van der Waals surface area contributed by atoms with Crippen molar-refractivity contribution in [2.75, 3.05) is 27.3 Å². The predicted molar refractivity (Wildman–Crippen MR) is 56.7 cm³/mol. The van der Waals surface area contributed by atoms with Gasteiger partial charge in [0.15, 0.2) is 0 Å². The van der Waals surface area contributed by atoms with E-state index in [2.05, 4.69) is 5.32 Å². The van der Waals surface area contributed by atoms with Gasteiger partial charge in [-0.2, -0.15) is 0 Å². The summed E-state index contributed by atoms with van der Waals surface area (Å²) in [7, 11) is 3.09. The molecule has 1 aliphatic rings. The van der Waals surface area contributed by atoms with E-state index in [1.165, 1.54) is 12.0 Å². The minimum atomic E-state index is -0.698. The van der Waals surface area contributed by atoms with Gasteiger partial charge in [0, 0.05) is 27.1 Å². The lowest BCUT2D eigenvalue weighted by atomic mass is 10.2. The number of amides is 2. The first-order chi connectivity index (χ1) is 7.54. The molecule has 16 heavy (non-hydrogen) atoms. The lowest BCUT2D eigenvalue weighted by molar-refractivity contribution is -0.134. The third-order valence-corrected chi connectivity index (χ3v) is 2.51. The molecule has 0 aromatic carbocycles. The lowest BCUT2D eigenvalue weighted by Gasteiger charge is -2.23. The van der Waals surface area contributed by atoms with Crippen molar-refractivity contribution in [2.24, 2.45) is 0 Å². The topological polar surface area (TPSA) is 78.9 Å². The zero-order valence-electron chi connectivity index (χ0n) is 9.60. The highest BCUT2D eigenvalue weighted by molar-refractivity contribution is 5.90. The Morgan fingerprint density at radius 2 is 2.44 bits per heavy atom. The van der Waals surface area contributed by atoms with Gasteiger partial charge in [-0.15, -0.1) is 0 Å². The average molecular weight is 230 g/mol. The van der Waals surface area contributed by atoms with E-state index < -0.39 is 12.1 Å². The molecule has 0 spiro atoms. The van der Waals surface area contributed by atoms with E-state index in [4.69, 9.17) is 4.74 Å². The fourth-order valence-electron chi connectivity index (χ4n) is 1.72. The van der Waals surface area contributed by atoms with Crippen LogP contribution in [0.1, 0.15) is 12.8 Å². The highest BCUT2D eigenvalue weighted by atomic mass is 16.5. The first-order valence-corrected chi connectivity index (χ1v) is 5.26. The Bertz CT molecular complexity index is 270. The molecule has 1 rings (SSSR count). The van der Waals surface area contributed by atoms with Gasteiger partial charge in [-0.25, -0.2) is 0 Å². The zero-order valence-corrected chi connectivity index (χ0v) is 9.60. The van der Waals surface area contributed by atoms with Crippen LogP contribution >= 0.6 is 0 Å². The number of hydrogen-bond donors (Lipinski definition) is 2. The molecule has 92 valence electrons. The van der Waals surface area contributed by atoms with Crippen molar-refractivity contribution in [1.82, 2.24) is 10.2 Å². The highest BCUT2D eigenvalue weighted by Gasteiger charge is 2.29. The van der Waals surface area contributed by atoms with Gasteiger partial charge < -0.3 is 20.1 Å². The normalized spacial score (nSPS) is 21.7. The summed E-state index contributed by atoms with van der Waals surface area (Å²) in [5, 5.41) is 12.1. The number of carbonyl (C=O) groups is 2. The van der Waals surface area contributed by atoms with Crippen LogP contribution in [0, 0.1) is 0 Å². The molecule has 0 radical (unpaired) electrons. The fraction of sp³-hybridized carbons (Fsp3) is 0.800. The Balaban J connectivity index is 2.38. The van der Waals surface area contributed by atoms with Crippen LogP contribution in [0.4, 0.5) is 0 Å². The number of rotatable bonds is 5. The van der Waals surface area contributed by atoms with Crippen molar-refractivity contribution >= 4 is 11.8 Å². The monoisotopic (exact) mass is 230 g/mol. The lowest BCUT2D eigenvalue weighted by Crippen LogP contribution is -2.45. The molecule has 0 saturated carbocycles. The number of likely N-dealkylation sites (N-methyl/N-ethyl adjacent to an activating group) is 1. The number of ether oxygens (including phenoxy) is 1. The van der Waals surface area contributed by atoms with Crippen LogP contribution < -0.4 is 5.32 Å². The number of aliphatic hydroxyl groups is 1. The molecule has 2 amide bonds. The Labute approximate surface area is 94.6 Å². The van der Waals surface area contributed by atoms with Crippen LogP contribution in [0.3, 0.4) is 0 Å². The Kier molecular flexibility index (Phi) is 4.70. The second-order valence-electron chi connectivity index (χ2n) is 3.99. The summed E-state index contributed by atoms with van der Waals surface area (Å²) in [6.07, 6.45) is 0.226. The number of nitrogens with one attached hydrogen (secondary N) is 1. The van der Waals surface area contributed by atoms with Crippen molar-refractivity contribution in [3.63, 3.8) is 0 Å². The van der Waals surface area contributed by atoms with Gasteiger partial charge in [0.05, 0.1) is 12.7 Å². The van der Waals surface area contributed by atoms with Gasteiger partial charge >= 0.3 is 0 Å². The second-order valence-corrected chi connectivity index (χ2v) is 3.99. The first-order valence-electron chi connectivity index (χ1n) is 5.26. The fourth-order valence-corrected chi connectivity index (χ4v) is 1.72. The Morgan fingerprint density at radius 1 is 1.75 bits per heavy atom. The summed E-state index contributed by atoms with van der Waals surface area (Å²) in [6.45, 7) is 0.397. The van der Waals surface area contributed by atoms with Gasteiger partial charge in [-0.3, -0.25) is 9.59 Å². The maximum absolute atomic E-state index is 11.8. The van der Waals surface area contributed by atoms with Gasteiger partial charge in [0.25, 0.3) is 0 Å². The SMILES string of the molecule is COCC(O)CN(C)C(=O)[C@H]1CCC(=O)N1. The summed E-state index contributed by atoms with van der Waals surface area (Å²) in [6, 6.07) is -0.438. The molecule has 2 atom stereocenters. The van der Waals surface area contributed by atoms with Gasteiger partial charge in [0.2, 0.25) is 11.8 Å². The summed E-state index contributed by atoms with van der Waals surface area (Å²) in [5.74, 6) is -0.259. The number of methoxy groups -OCH3 is 1. The van der Waals surface area contributed by atoms with Crippen LogP contribution in [0.2, 0.25) is 0 Å². The van der Waals surface area contributed by atoms with Crippen LogP contribution in [0.5, 0.6) is 0 Å². The molecule has 0 aromatic rings. The van der Waals surface area contributed by atoms with E-state index in [0.717, 1.165) is 0 Å². The molecule has 1 heterocycles. The second kappa shape index (κ2) is 5.81. The summed E-state index contributed by atoms with van der Waals surface area (Å²) in [4.78, 5) is 24.2. The summed E-state index contributed by atoms with van der Waals surface area (Å²) >= 11 is 0. The highest BCUT2D eigenvalue weighted by Crippen LogP contribution is 2.09. The molecule has 0 bridgehead atoms. The Morgan fingerprint density at radius 3 is 2.94 bits per heavy atom. The van der Waals surface area contributed by atoms with Crippen LogP contribution in [0.15, 0.2) is 0 Å². The molecule has 6 nitrogen and oxygen atoms in total. The number of nitrogens with zero attached hydrogens (tertiary/aromatic N) is 1. The minimum Gasteiger partial charge on any atom is -0.389 e. The molecule has 1 aliphatic heterocycles. The molecule has 1 saturated heterocycles. The standard InChI is InChI=1S/C10H18N2O4/c1-12(5-7(13)6-16-2)10(15)8-3-4-9(14)11-8/h7-8,13H,3-6H2,1-2H3,(H,11,14)/t7?,8-/m1/s1. The van der Waals surface area contributed by atoms with Crippen LogP contribution in [0.25, 0.3) is 0 Å². The van der Waals surface area contributed by atoms with E-state index in [0.29, 0.717) is 12.8 Å². The molecule has 6 heteroatoms. The largest absolute Gasteiger partial charge is 0.389 e. The van der Waals surface area contributed by atoms with Crippen LogP contribution in [-0.2, 0) is 14.3 Å². The van der Waals surface area contributed by atoms with E-state index >= 15 is 0 Å². The van der Waals surface area contributed by atoms with Crippen molar-refractivity contribution in [2.45, 2.75) is 25.0 Å². The minimum absolute atomic E-state index is 0.0933. The maximum atomic E-state index is 11.8. The molecule has 0 aromatic heterocycles. The van der Waals surface area contributed by atoms with E-state index in [9.17, 15) is 14.7 Å². The number of aliphatic hydroxyl groups excluding tert-OH is 1.